The second kappa shape index (κ2) is 11.8. The quantitative estimate of drug-likeness (QED) is 0.176. The van der Waals surface area contributed by atoms with Crippen LogP contribution in [0.15, 0.2) is 53.5 Å². The fourth-order valence-electron chi connectivity index (χ4n) is 4.73. The molecule has 0 fully saturated rings. The zero-order valence-electron chi connectivity index (χ0n) is 23.9. The fraction of sp³-hybridized carbons (Fsp3) is 0.387. The van der Waals surface area contributed by atoms with Crippen molar-refractivity contribution in [1.82, 2.24) is 4.98 Å². The number of benzene rings is 2. The standard InChI is InChI=1S/C31H36FN3O6/c1-18(36)16-40-25-11-8-21(14-26(25)39-5)24(37)12-13-31(4,38)27-15-23-29(41-17-30(23,3)35-19(2)33)28(34-27)20-6-9-22(32)10-7-20/h6-11,14-15,18,36,38H,12-13,16-17H2,1-5H3,(H2,33,35)/t18-,30-,31-/m1/s1. The number of ketones is 1. The van der Waals surface area contributed by atoms with E-state index in [2.05, 4.69) is 4.99 Å². The monoisotopic (exact) mass is 565 g/mol. The lowest BCUT2D eigenvalue weighted by Crippen LogP contribution is -2.27. The van der Waals surface area contributed by atoms with Gasteiger partial charge >= 0.3 is 0 Å². The number of rotatable bonds is 11. The molecule has 9 nitrogen and oxygen atoms in total. The number of methoxy groups -OCH3 is 1. The van der Waals surface area contributed by atoms with Crippen LogP contribution in [-0.2, 0) is 11.1 Å². The Bertz CT molecular complexity index is 1450. The number of amidine groups is 1. The summed E-state index contributed by atoms with van der Waals surface area (Å²) in [4.78, 5) is 22.5. The molecule has 2 aromatic carbocycles. The van der Waals surface area contributed by atoms with Crippen LogP contribution in [-0.4, -0.2) is 53.2 Å². The maximum Gasteiger partial charge on any atom is 0.163 e. The number of pyridine rings is 1. The van der Waals surface area contributed by atoms with Crippen molar-refractivity contribution in [2.75, 3.05) is 20.3 Å². The third kappa shape index (κ3) is 6.66. The molecular formula is C31H36FN3O6. The third-order valence-corrected chi connectivity index (χ3v) is 6.95. The molecule has 1 aliphatic heterocycles. The summed E-state index contributed by atoms with van der Waals surface area (Å²) >= 11 is 0. The van der Waals surface area contributed by atoms with Crippen LogP contribution in [0.3, 0.4) is 0 Å². The van der Waals surface area contributed by atoms with E-state index in [-0.39, 0.29) is 37.7 Å². The second-order valence-corrected chi connectivity index (χ2v) is 10.8. The Labute approximate surface area is 238 Å². The highest BCUT2D eigenvalue weighted by atomic mass is 19.1. The number of aliphatic hydroxyl groups excluding tert-OH is 1. The van der Waals surface area contributed by atoms with Crippen molar-refractivity contribution >= 4 is 11.6 Å². The van der Waals surface area contributed by atoms with Crippen LogP contribution in [0.4, 0.5) is 4.39 Å². The van der Waals surface area contributed by atoms with Gasteiger partial charge < -0.3 is 30.2 Å². The Balaban J connectivity index is 1.64. The first-order valence-corrected chi connectivity index (χ1v) is 13.3. The number of Topliss-reactive ketones (excluding diaryl/α,β-unsaturated/α-hetero) is 1. The lowest BCUT2D eigenvalue weighted by atomic mass is 9.87. The van der Waals surface area contributed by atoms with E-state index in [1.165, 1.54) is 19.2 Å². The summed E-state index contributed by atoms with van der Waals surface area (Å²) in [5, 5.41) is 21.1. The Hall–Kier alpha value is -4.02. The SMILES string of the molecule is COc1cc(C(=O)CC[C@@](C)(O)c2cc3c(c(-c4ccc(F)cc4)n2)OC[C@@]3(C)N=C(C)N)ccc1OC[C@@H](C)O. The first-order chi connectivity index (χ1) is 19.3. The molecule has 3 aromatic rings. The highest BCUT2D eigenvalue weighted by Crippen LogP contribution is 2.46. The number of aliphatic imine (C=N–C) groups is 1. The van der Waals surface area contributed by atoms with Gasteiger partial charge in [-0.2, -0.15) is 0 Å². The summed E-state index contributed by atoms with van der Waals surface area (Å²) in [5.41, 5.74) is 6.06. The average Bonchev–Trinajstić information content (AvgIpc) is 3.25. The maximum absolute atomic E-state index is 13.7. The summed E-state index contributed by atoms with van der Waals surface area (Å²) in [6.45, 7) is 7.08. The van der Waals surface area contributed by atoms with E-state index in [0.29, 0.717) is 51.2 Å². The number of aromatic nitrogens is 1. The number of carbonyl (C=O) groups is 1. The molecule has 0 radical (unpaired) electrons. The predicted octanol–water partition coefficient (Wildman–Crippen LogP) is 4.51. The largest absolute Gasteiger partial charge is 0.493 e. The molecule has 0 bridgehead atoms. The minimum atomic E-state index is -1.51. The maximum atomic E-state index is 13.7. The van der Waals surface area contributed by atoms with Gasteiger partial charge in [-0.1, -0.05) is 0 Å². The van der Waals surface area contributed by atoms with Crippen molar-refractivity contribution < 1.29 is 33.6 Å². The van der Waals surface area contributed by atoms with Crippen LogP contribution >= 0.6 is 0 Å². The van der Waals surface area contributed by atoms with Crippen molar-refractivity contribution in [1.29, 1.82) is 0 Å². The second-order valence-electron chi connectivity index (χ2n) is 10.8. The van der Waals surface area contributed by atoms with E-state index < -0.39 is 17.2 Å². The summed E-state index contributed by atoms with van der Waals surface area (Å²) in [7, 11) is 1.47. The first kappa shape index (κ1) is 30.0. The highest BCUT2D eigenvalue weighted by molar-refractivity contribution is 5.96. The van der Waals surface area contributed by atoms with Gasteiger partial charge in [-0.15, -0.1) is 0 Å². The molecule has 10 heteroatoms. The van der Waals surface area contributed by atoms with Gasteiger partial charge in [0, 0.05) is 23.1 Å². The van der Waals surface area contributed by atoms with Crippen molar-refractivity contribution in [3.63, 3.8) is 0 Å². The molecule has 1 aliphatic rings. The Morgan fingerprint density at radius 2 is 1.95 bits per heavy atom. The van der Waals surface area contributed by atoms with Gasteiger partial charge in [0.2, 0.25) is 0 Å². The number of aliphatic hydroxyl groups is 2. The van der Waals surface area contributed by atoms with E-state index in [4.69, 9.17) is 24.9 Å². The molecule has 218 valence electrons. The zero-order chi connectivity index (χ0) is 29.9. The molecule has 4 N–H and O–H groups in total. The molecule has 0 amide bonds. The lowest BCUT2D eigenvalue weighted by Gasteiger charge is -2.26. The Morgan fingerprint density at radius 1 is 1.24 bits per heavy atom. The molecule has 2 heterocycles. The summed E-state index contributed by atoms with van der Waals surface area (Å²) in [6, 6.07) is 12.4. The molecule has 0 unspecified atom stereocenters. The van der Waals surface area contributed by atoms with Crippen molar-refractivity contribution in [3.8, 4) is 28.5 Å². The van der Waals surface area contributed by atoms with Gasteiger partial charge in [-0.05, 0) is 82.6 Å². The van der Waals surface area contributed by atoms with Crippen LogP contribution < -0.4 is 19.9 Å². The van der Waals surface area contributed by atoms with Gasteiger partial charge in [0.15, 0.2) is 23.0 Å². The molecular weight excluding hydrogens is 529 g/mol. The topological polar surface area (TPSA) is 136 Å². The normalized spacial score (nSPS) is 18.7. The fourth-order valence-corrected chi connectivity index (χ4v) is 4.73. The summed E-state index contributed by atoms with van der Waals surface area (Å²) in [5.74, 6) is 1.05. The Kier molecular flexibility index (Phi) is 8.65. The molecule has 0 spiro atoms. The summed E-state index contributed by atoms with van der Waals surface area (Å²) in [6.07, 6.45) is -0.572. The van der Waals surface area contributed by atoms with Crippen molar-refractivity contribution in [2.24, 2.45) is 10.7 Å². The number of nitrogens with two attached hydrogens (primary N) is 1. The molecule has 0 saturated heterocycles. The number of carbonyl (C=O) groups excluding carboxylic acids is 1. The van der Waals surface area contributed by atoms with Gasteiger partial charge in [0.05, 0.1) is 24.7 Å². The molecule has 0 saturated carbocycles. The minimum Gasteiger partial charge on any atom is -0.493 e. The predicted molar refractivity (Wildman–Crippen MR) is 153 cm³/mol. The first-order valence-electron chi connectivity index (χ1n) is 13.3. The van der Waals surface area contributed by atoms with Gasteiger partial charge in [-0.3, -0.25) is 9.79 Å². The molecule has 0 aliphatic carbocycles. The lowest BCUT2D eigenvalue weighted by molar-refractivity contribution is 0.0396. The van der Waals surface area contributed by atoms with E-state index in [9.17, 15) is 19.4 Å². The minimum absolute atomic E-state index is 0.0164. The molecule has 1 aromatic heterocycles. The number of fused-ring (bicyclic) bond motifs is 1. The van der Waals surface area contributed by atoms with E-state index in [1.807, 2.05) is 6.92 Å². The number of halogens is 1. The number of hydrogen-bond donors (Lipinski definition) is 3. The zero-order valence-corrected chi connectivity index (χ0v) is 23.9. The van der Waals surface area contributed by atoms with Crippen LogP contribution in [0.25, 0.3) is 11.3 Å². The van der Waals surface area contributed by atoms with Crippen LogP contribution in [0, 0.1) is 5.82 Å². The molecule has 3 atom stereocenters. The van der Waals surface area contributed by atoms with Crippen molar-refractivity contribution in [2.45, 2.75) is 57.8 Å². The molecule has 41 heavy (non-hydrogen) atoms. The van der Waals surface area contributed by atoms with Crippen LogP contribution in [0.5, 0.6) is 17.2 Å². The van der Waals surface area contributed by atoms with Gasteiger partial charge in [0.25, 0.3) is 0 Å². The van der Waals surface area contributed by atoms with E-state index in [0.717, 1.165) is 0 Å². The van der Waals surface area contributed by atoms with E-state index in [1.54, 1.807) is 57.2 Å². The number of hydrogen-bond acceptors (Lipinski definition) is 8. The van der Waals surface area contributed by atoms with Gasteiger partial charge in [0.1, 0.15) is 35.9 Å². The number of nitrogens with zero attached hydrogens (tertiary/aromatic N) is 2. The number of ether oxygens (including phenoxy) is 3. The smallest absolute Gasteiger partial charge is 0.163 e. The van der Waals surface area contributed by atoms with Crippen LogP contribution in [0.2, 0.25) is 0 Å². The van der Waals surface area contributed by atoms with Crippen LogP contribution in [0.1, 0.15) is 62.2 Å². The average molecular weight is 566 g/mol. The summed E-state index contributed by atoms with van der Waals surface area (Å²) < 4.78 is 30.6. The Morgan fingerprint density at radius 3 is 2.59 bits per heavy atom. The van der Waals surface area contributed by atoms with E-state index >= 15 is 0 Å². The third-order valence-electron chi connectivity index (χ3n) is 6.95. The van der Waals surface area contributed by atoms with Gasteiger partial charge in [-0.25, -0.2) is 9.37 Å². The van der Waals surface area contributed by atoms with Crippen molar-refractivity contribution in [3.05, 3.63) is 71.2 Å². The molecule has 4 rings (SSSR count). The highest BCUT2D eigenvalue weighted by Gasteiger charge is 2.41.